The molecule has 0 aliphatic heterocycles. The fraction of sp³-hybridized carbons (Fsp3) is 0.500. The summed E-state index contributed by atoms with van der Waals surface area (Å²) in [6.07, 6.45) is 8.07. The van der Waals surface area contributed by atoms with Crippen LogP contribution in [-0.2, 0) is 4.79 Å². The van der Waals surface area contributed by atoms with E-state index in [1.807, 2.05) is 0 Å². The van der Waals surface area contributed by atoms with E-state index in [0.717, 1.165) is 12.8 Å². The Balaban J connectivity index is 2.28. The van der Waals surface area contributed by atoms with Crippen molar-refractivity contribution in [1.82, 2.24) is 0 Å². The van der Waals surface area contributed by atoms with Gasteiger partial charge in [-0.05, 0) is 24.8 Å². The molecule has 0 bridgehead atoms. The van der Waals surface area contributed by atoms with Gasteiger partial charge in [0, 0.05) is 0 Å². The van der Waals surface area contributed by atoms with Crippen molar-refractivity contribution in [3.63, 3.8) is 0 Å². The topological polar surface area (TPSA) is 43.1 Å². The van der Waals surface area contributed by atoms with E-state index in [1.54, 1.807) is 18.2 Å². The average molecular weight is 181 g/mol. The lowest BCUT2D eigenvalue weighted by Crippen LogP contribution is -2.42. The third-order valence-electron chi connectivity index (χ3n) is 2.75. The molecule has 1 amide bonds. The van der Waals surface area contributed by atoms with Gasteiger partial charge < -0.3 is 5.73 Å². The molecule has 0 radical (unpaired) electrons. The molecule has 0 aromatic rings. The molecule has 13 heavy (non-hydrogen) atoms. The van der Waals surface area contributed by atoms with Gasteiger partial charge in [-0.2, -0.15) is 0 Å². The molecule has 1 fully saturated rings. The summed E-state index contributed by atoms with van der Waals surface area (Å²) in [5.74, 6) is -1.36. The SMILES string of the molecule is NC(=O)C1C=CC=CC1(F)C1CC1. The first kappa shape index (κ1) is 8.48. The van der Waals surface area contributed by atoms with Crippen LogP contribution in [-0.4, -0.2) is 11.6 Å². The molecule has 0 aromatic heterocycles. The largest absolute Gasteiger partial charge is 0.369 e. The highest BCUT2D eigenvalue weighted by Crippen LogP contribution is 2.48. The van der Waals surface area contributed by atoms with Gasteiger partial charge in [0.1, 0.15) is 5.67 Å². The standard InChI is InChI=1S/C10H12FNO/c11-10(7-4-5-7)6-2-1-3-8(10)9(12)13/h1-3,6-8H,4-5H2,(H2,12,13). The third-order valence-corrected chi connectivity index (χ3v) is 2.75. The van der Waals surface area contributed by atoms with Crippen molar-refractivity contribution in [3.05, 3.63) is 24.3 Å². The van der Waals surface area contributed by atoms with Crippen LogP contribution in [0, 0.1) is 11.8 Å². The molecular weight excluding hydrogens is 169 g/mol. The van der Waals surface area contributed by atoms with Crippen LogP contribution < -0.4 is 5.73 Å². The van der Waals surface area contributed by atoms with Crippen LogP contribution in [0.2, 0.25) is 0 Å². The van der Waals surface area contributed by atoms with E-state index in [9.17, 15) is 9.18 Å². The second-order valence-corrected chi connectivity index (χ2v) is 3.73. The minimum atomic E-state index is -1.51. The van der Waals surface area contributed by atoms with Gasteiger partial charge >= 0.3 is 0 Å². The second-order valence-electron chi connectivity index (χ2n) is 3.73. The zero-order valence-electron chi connectivity index (χ0n) is 7.24. The molecule has 2 N–H and O–H groups in total. The molecule has 2 aliphatic carbocycles. The van der Waals surface area contributed by atoms with Crippen LogP contribution >= 0.6 is 0 Å². The maximum Gasteiger partial charge on any atom is 0.227 e. The van der Waals surface area contributed by atoms with Gasteiger partial charge in [-0.3, -0.25) is 4.79 Å². The molecule has 3 heteroatoms. The highest BCUT2D eigenvalue weighted by molar-refractivity contribution is 5.81. The number of allylic oxidation sites excluding steroid dienone is 3. The number of nitrogens with two attached hydrogens (primary N) is 1. The predicted molar refractivity (Wildman–Crippen MR) is 47.5 cm³/mol. The molecule has 2 atom stereocenters. The summed E-state index contributed by atoms with van der Waals surface area (Å²) in [6.45, 7) is 0. The van der Waals surface area contributed by atoms with Gasteiger partial charge in [-0.1, -0.05) is 18.2 Å². The highest BCUT2D eigenvalue weighted by atomic mass is 19.1. The number of rotatable bonds is 2. The Bertz CT molecular complexity index is 293. The first-order chi connectivity index (χ1) is 6.14. The van der Waals surface area contributed by atoms with Crippen LogP contribution in [0.25, 0.3) is 0 Å². The summed E-state index contributed by atoms with van der Waals surface area (Å²) in [6, 6.07) is 0. The third kappa shape index (κ3) is 1.28. The number of carbonyl (C=O) groups excluding carboxylic acids is 1. The summed E-state index contributed by atoms with van der Waals surface area (Å²) < 4.78 is 14.2. The van der Waals surface area contributed by atoms with E-state index >= 15 is 0 Å². The molecule has 2 rings (SSSR count). The first-order valence-corrected chi connectivity index (χ1v) is 4.49. The fourth-order valence-electron chi connectivity index (χ4n) is 1.86. The number of hydrogen-bond acceptors (Lipinski definition) is 1. The molecule has 2 unspecified atom stereocenters. The number of hydrogen-bond donors (Lipinski definition) is 1. The number of primary amides is 1. The Hall–Kier alpha value is -1.12. The average Bonchev–Trinajstić information content (AvgIpc) is 2.86. The maximum absolute atomic E-state index is 14.2. The molecular formula is C10H12FNO. The van der Waals surface area contributed by atoms with Gasteiger partial charge in [0.15, 0.2) is 0 Å². The maximum atomic E-state index is 14.2. The lowest BCUT2D eigenvalue weighted by Gasteiger charge is -2.28. The minimum absolute atomic E-state index is 0.00815. The van der Waals surface area contributed by atoms with Crippen molar-refractivity contribution in [2.24, 2.45) is 17.6 Å². The van der Waals surface area contributed by atoms with E-state index < -0.39 is 17.5 Å². The van der Waals surface area contributed by atoms with Crippen LogP contribution in [0.4, 0.5) is 4.39 Å². The monoisotopic (exact) mass is 181 g/mol. The molecule has 70 valence electrons. The Kier molecular flexibility index (Phi) is 1.75. The van der Waals surface area contributed by atoms with Gasteiger partial charge in [0.05, 0.1) is 5.92 Å². The Morgan fingerprint density at radius 2 is 2.15 bits per heavy atom. The van der Waals surface area contributed by atoms with Gasteiger partial charge in [0.25, 0.3) is 0 Å². The summed E-state index contributed by atoms with van der Waals surface area (Å²) in [4.78, 5) is 11.0. The lowest BCUT2D eigenvalue weighted by atomic mass is 9.81. The first-order valence-electron chi connectivity index (χ1n) is 4.49. The quantitative estimate of drug-likeness (QED) is 0.686. The molecule has 0 heterocycles. The summed E-state index contributed by atoms with van der Waals surface area (Å²) in [7, 11) is 0. The Morgan fingerprint density at radius 3 is 2.69 bits per heavy atom. The van der Waals surface area contributed by atoms with E-state index in [1.165, 1.54) is 6.08 Å². The summed E-state index contributed by atoms with van der Waals surface area (Å²) in [5, 5.41) is 0. The van der Waals surface area contributed by atoms with Crippen molar-refractivity contribution >= 4 is 5.91 Å². The molecule has 2 aliphatic rings. The highest BCUT2D eigenvalue weighted by Gasteiger charge is 2.51. The lowest BCUT2D eigenvalue weighted by molar-refractivity contribution is -0.124. The Labute approximate surface area is 76.3 Å². The van der Waals surface area contributed by atoms with Crippen LogP contribution in [0.1, 0.15) is 12.8 Å². The van der Waals surface area contributed by atoms with E-state index in [0.29, 0.717) is 0 Å². The van der Waals surface area contributed by atoms with Crippen molar-refractivity contribution in [3.8, 4) is 0 Å². The van der Waals surface area contributed by atoms with Crippen LogP contribution in [0.5, 0.6) is 0 Å². The van der Waals surface area contributed by atoms with E-state index in [2.05, 4.69) is 0 Å². The zero-order valence-corrected chi connectivity index (χ0v) is 7.24. The van der Waals surface area contributed by atoms with E-state index in [-0.39, 0.29) is 5.92 Å². The van der Waals surface area contributed by atoms with E-state index in [4.69, 9.17) is 5.73 Å². The van der Waals surface area contributed by atoms with Crippen molar-refractivity contribution in [2.75, 3.05) is 0 Å². The summed E-state index contributed by atoms with van der Waals surface area (Å²) in [5.41, 5.74) is 3.63. The summed E-state index contributed by atoms with van der Waals surface area (Å²) >= 11 is 0. The van der Waals surface area contributed by atoms with Crippen LogP contribution in [0.15, 0.2) is 24.3 Å². The van der Waals surface area contributed by atoms with Crippen molar-refractivity contribution < 1.29 is 9.18 Å². The Morgan fingerprint density at radius 1 is 1.46 bits per heavy atom. The normalized spacial score (nSPS) is 37.8. The van der Waals surface area contributed by atoms with Gasteiger partial charge in [0.2, 0.25) is 5.91 Å². The molecule has 2 nitrogen and oxygen atoms in total. The molecule has 0 aromatic carbocycles. The van der Waals surface area contributed by atoms with Gasteiger partial charge in [-0.25, -0.2) is 4.39 Å². The van der Waals surface area contributed by atoms with Crippen molar-refractivity contribution in [1.29, 1.82) is 0 Å². The predicted octanol–water partition coefficient (Wildman–Crippen LogP) is 1.33. The van der Waals surface area contributed by atoms with Crippen molar-refractivity contribution in [2.45, 2.75) is 18.5 Å². The molecule has 1 saturated carbocycles. The smallest absolute Gasteiger partial charge is 0.227 e. The fourth-order valence-corrected chi connectivity index (χ4v) is 1.86. The zero-order chi connectivity index (χ0) is 9.47. The molecule has 0 spiro atoms. The second kappa shape index (κ2) is 2.69. The van der Waals surface area contributed by atoms with Crippen LogP contribution in [0.3, 0.4) is 0 Å². The van der Waals surface area contributed by atoms with Gasteiger partial charge in [-0.15, -0.1) is 0 Å². The number of alkyl halides is 1. The minimum Gasteiger partial charge on any atom is -0.369 e. The number of amides is 1. The number of carbonyl (C=O) groups is 1. The molecule has 0 saturated heterocycles. The number of halogens is 1.